The van der Waals surface area contributed by atoms with Crippen molar-refractivity contribution in [2.75, 3.05) is 0 Å². The number of nitrogens with zero attached hydrogens (tertiary/aromatic N) is 2. The molecule has 0 aliphatic rings. The first-order chi connectivity index (χ1) is 11.6. The predicted molar refractivity (Wildman–Crippen MR) is 99.4 cm³/mol. The summed E-state index contributed by atoms with van der Waals surface area (Å²) >= 11 is 7.62. The summed E-state index contributed by atoms with van der Waals surface area (Å²) in [7, 11) is 0. The molecule has 124 valence electrons. The van der Waals surface area contributed by atoms with E-state index >= 15 is 0 Å². The van der Waals surface area contributed by atoms with E-state index in [4.69, 9.17) is 11.6 Å². The van der Waals surface area contributed by atoms with E-state index in [0.29, 0.717) is 12.2 Å². The van der Waals surface area contributed by atoms with Crippen molar-refractivity contribution in [3.63, 3.8) is 0 Å². The van der Waals surface area contributed by atoms with E-state index in [0.717, 1.165) is 21.5 Å². The molecule has 0 aliphatic carbocycles. The first-order valence-corrected chi connectivity index (χ1v) is 9.10. The zero-order valence-electron chi connectivity index (χ0n) is 13.4. The Balaban J connectivity index is 1.75. The van der Waals surface area contributed by atoms with E-state index in [9.17, 15) is 5.11 Å². The zero-order chi connectivity index (χ0) is 16.9. The summed E-state index contributed by atoms with van der Waals surface area (Å²) in [4.78, 5) is 4.52. The summed E-state index contributed by atoms with van der Waals surface area (Å²) in [6, 6.07) is 16.3. The molecule has 24 heavy (non-hydrogen) atoms. The van der Waals surface area contributed by atoms with Crippen LogP contribution in [0.15, 0.2) is 59.9 Å². The summed E-state index contributed by atoms with van der Waals surface area (Å²) in [5, 5.41) is 11.0. The maximum absolute atomic E-state index is 9.39. The van der Waals surface area contributed by atoms with Gasteiger partial charge in [0.15, 0.2) is 5.16 Å². The Morgan fingerprint density at radius 2 is 1.71 bits per heavy atom. The van der Waals surface area contributed by atoms with Crippen LogP contribution in [0.4, 0.5) is 0 Å². The molecular formula is C19H19ClN2OS. The van der Waals surface area contributed by atoms with Gasteiger partial charge in [0.05, 0.1) is 12.3 Å². The van der Waals surface area contributed by atoms with Gasteiger partial charge in [0.25, 0.3) is 0 Å². The third-order valence-corrected chi connectivity index (χ3v) is 5.02. The smallest absolute Gasteiger partial charge is 0.168 e. The lowest BCUT2D eigenvalue weighted by molar-refractivity contribution is 0.277. The van der Waals surface area contributed by atoms with Gasteiger partial charge in [-0.15, -0.1) is 0 Å². The minimum Gasteiger partial charge on any atom is -0.390 e. The lowest BCUT2D eigenvalue weighted by atomic mass is 10.2. The highest BCUT2D eigenvalue weighted by molar-refractivity contribution is 7.98. The van der Waals surface area contributed by atoms with Crippen molar-refractivity contribution in [1.82, 2.24) is 9.55 Å². The fourth-order valence-corrected chi connectivity index (χ4v) is 3.45. The van der Waals surface area contributed by atoms with Crippen LogP contribution >= 0.6 is 23.4 Å². The Bertz CT molecular complexity index is 797. The summed E-state index contributed by atoms with van der Waals surface area (Å²) < 4.78 is 2.08. The maximum Gasteiger partial charge on any atom is 0.168 e. The van der Waals surface area contributed by atoms with Crippen molar-refractivity contribution in [3.8, 4) is 0 Å². The first-order valence-electron chi connectivity index (χ1n) is 7.74. The summed E-state index contributed by atoms with van der Waals surface area (Å²) in [5.74, 6) is 0.850. The molecule has 0 atom stereocenters. The van der Waals surface area contributed by atoms with E-state index in [-0.39, 0.29) is 6.61 Å². The number of hydrogen-bond donors (Lipinski definition) is 1. The van der Waals surface area contributed by atoms with Crippen molar-refractivity contribution in [2.45, 2.75) is 31.0 Å². The Morgan fingerprint density at radius 1 is 1.04 bits per heavy atom. The molecule has 0 aliphatic heterocycles. The molecule has 1 aromatic heterocycles. The van der Waals surface area contributed by atoms with Gasteiger partial charge in [-0.25, -0.2) is 4.98 Å². The largest absolute Gasteiger partial charge is 0.390 e. The number of halogens is 1. The summed E-state index contributed by atoms with van der Waals surface area (Å²) in [5.41, 5.74) is 4.36. The number of aryl methyl sites for hydroxylation is 1. The number of aliphatic hydroxyl groups excluding tert-OH is 1. The van der Waals surface area contributed by atoms with Crippen LogP contribution in [0.3, 0.4) is 0 Å². The molecule has 0 saturated carbocycles. The molecule has 3 rings (SSSR count). The lowest BCUT2D eigenvalue weighted by Crippen LogP contribution is -2.00. The average Bonchev–Trinajstić information content (AvgIpc) is 2.98. The molecule has 0 bridgehead atoms. The third-order valence-electron chi connectivity index (χ3n) is 3.71. The van der Waals surface area contributed by atoms with Gasteiger partial charge in [-0.3, -0.25) is 0 Å². The Kier molecular flexibility index (Phi) is 5.61. The van der Waals surface area contributed by atoms with Crippen LogP contribution in [0.5, 0.6) is 0 Å². The molecule has 0 unspecified atom stereocenters. The molecule has 2 aromatic carbocycles. The fraction of sp³-hybridized carbons (Fsp3) is 0.211. The molecule has 0 radical (unpaired) electrons. The summed E-state index contributed by atoms with van der Waals surface area (Å²) in [6.45, 7) is 2.75. The van der Waals surface area contributed by atoms with Gasteiger partial charge in [-0.05, 0) is 30.2 Å². The first kappa shape index (κ1) is 17.1. The predicted octanol–water partition coefficient (Wildman–Crippen LogP) is 4.68. The van der Waals surface area contributed by atoms with Gasteiger partial charge in [0, 0.05) is 23.5 Å². The van der Waals surface area contributed by atoms with E-state index in [2.05, 4.69) is 40.7 Å². The van der Waals surface area contributed by atoms with Gasteiger partial charge >= 0.3 is 0 Å². The van der Waals surface area contributed by atoms with Crippen molar-refractivity contribution in [1.29, 1.82) is 0 Å². The summed E-state index contributed by atoms with van der Waals surface area (Å²) in [6.07, 6.45) is 1.91. The Hall–Kier alpha value is -1.75. The second kappa shape index (κ2) is 7.88. The van der Waals surface area contributed by atoms with Crippen LogP contribution in [0, 0.1) is 6.92 Å². The van der Waals surface area contributed by atoms with E-state index < -0.39 is 0 Å². The number of hydrogen-bond acceptors (Lipinski definition) is 3. The normalized spacial score (nSPS) is 11.0. The molecule has 1 N–H and O–H groups in total. The van der Waals surface area contributed by atoms with Crippen LogP contribution in [0.2, 0.25) is 5.02 Å². The molecule has 1 heterocycles. The minimum absolute atomic E-state index is 0.0499. The van der Waals surface area contributed by atoms with Crippen molar-refractivity contribution in [3.05, 3.63) is 82.1 Å². The van der Waals surface area contributed by atoms with Crippen LogP contribution in [-0.4, -0.2) is 14.7 Å². The minimum atomic E-state index is -0.0499. The highest BCUT2D eigenvalue weighted by atomic mass is 35.5. The Morgan fingerprint density at radius 3 is 2.38 bits per heavy atom. The number of rotatable bonds is 6. The molecule has 0 spiro atoms. The van der Waals surface area contributed by atoms with Crippen molar-refractivity contribution >= 4 is 23.4 Å². The standard InChI is InChI=1S/C19H19ClN2OS/c1-14-2-4-16(5-3-14)13-24-19-21-18(12-23)11-22(19)10-15-6-8-17(20)9-7-15/h2-9,11,23H,10,12-13H2,1H3. The fourth-order valence-electron chi connectivity index (χ4n) is 2.37. The van der Waals surface area contributed by atoms with Gasteiger partial charge < -0.3 is 9.67 Å². The highest BCUT2D eigenvalue weighted by Crippen LogP contribution is 2.24. The Labute approximate surface area is 151 Å². The highest BCUT2D eigenvalue weighted by Gasteiger charge is 2.09. The van der Waals surface area contributed by atoms with Gasteiger partial charge in [0.1, 0.15) is 0 Å². The van der Waals surface area contributed by atoms with Crippen molar-refractivity contribution in [2.24, 2.45) is 0 Å². The molecule has 0 saturated heterocycles. The third kappa shape index (κ3) is 4.41. The number of aliphatic hydroxyl groups is 1. The molecule has 5 heteroatoms. The van der Waals surface area contributed by atoms with Crippen LogP contribution in [-0.2, 0) is 18.9 Å². The van der Waals surface area contributed by atoms with Gasteiger partial charge in [-0.2, -0.15) is 0 Å². The number of thioether (sulfide) groups is 1. The van der Waals surface area contributed by atoms with E-state index in [1.807, 2.05) is 30.5 Å². The number of benzene rings is 2. The molecule has 3 aromatic rings. The molecule has 0 amide bonds. The molecule has 3 nitrogen and oxygen atoms in total. The topological polar surface area (TPSA) is 38.1 Å². The molecular weight excluding hydrogens is 340 g/mol. The molecule has 0 fully saturated rings. The van der Waals surface area contributed by atoms with E-state index in [1.54, 1.807) is 11.8 Å². The SMILES string of the molecule is Cc1ccc(CSc2nc(CO)cn2Cc2ccc(Cl)cc2)cc1. The average molecular weight is 359 g/mol. The second-order valence-electron chi connectivity index (χ2n) is 5.70. The van der Waals surface area contributed by atoms with E-state index in [1.165, 1.54) is 11.1 Å². The maximum atomic E-state index is 9.39. The van der Waals surface area contributed by atoms with Crippen LogP contribution in [0.25, 0.3) is 0 Å². The number of imidazole rings is 1. The van der Waals surface area contributed by atoms with Crippen LogP contribution < -0.4 is 0 Å². The van der Waals surface area contributed by atoms with Gasteiger partial charge in [-0.1, -0.05) is 65.3 Å². The van der Waals surface area contributed by atoms with Crippen molar-refractivity contribution < 1.29 is 5.11 Å². The van der Waals surface area contributed by atoms with Gasteiger partial charge in [0.2, 0.25) is 0 Å². The second-order valence-corrected chi connectivity index (χ2v) is 7.08. The van der Waals surface area contributed by atoms with Crippen LogP contribution in [0.1, 0.15) is 22.4 Å². The quantitative estimate of drug-likeness (QED) is 0.650. The monoisotopic (exact) mass is 358 g/mol. The lowest BCUT2D eigenvalue weighted by Gasteiger charge is -2.08. The number of aromatic nitrogens is 2. The zero-order valence-corrected chi connectivity index (χ0v) is 15.0.